The second-order valence-electron chi connectivity index (χ2n) is 8.86. The van der Waals surface area contributed by atoms with Gasteiger partial charge in [-0.3, -0.25) is 4.90 Å². The first-order valence-corrected chi connectivity index (χ1v) is 10.8. The molecule has 0 amide bonds. The van der Waals surface area contributed by atoms with Crippen LogP contribution in [0.1, 0.15) is 81.1 Å². The smallest absolute Gasteiger partial charge is 0.127 e. The zero-order valence-corrected chi connectivity index (χ0v) is 16.8. The Morgan fingerprint density at radius 1 is 1.12 bits per heavy atom. The average Bonchev–Trinajstić information content (AvgIpc) is 2.99. The van der Waals surface area contributed by atoms with Crippen LogP contribution in [0.4, 0.5) is 0 Å². The SMILES string of the molecule is Cc1nc(CN2CCCCC2)c2cc(C3CCC(C)(C)CC3)sc2n1. The lowest BCUT2D eigenvalue weighted by atomic mass is 9.73. The van der Waals surface area contributed by atoms with Crippen LogP contribution in [0, 0.1) is 12.3 Å². The van der Waals surface area contributed by atoms with Crippen molar-refractivity contribution in [3.05, 3.63) is 22.5 Å². The minimum Gasteiger partial charge on any atom is -0.297 e. The number of fused-ring (bicyclic) bond motifs is 1. The van der Waals surface area contributed by atoms with Gasteiger partial charge in [0.25, 0.3) is 0 Å². The minimum absolute atomic E-state index is 0.531. The van der Waals surface area contributed by atoms with Crippen molar-refractivity contribution < 1.29 is 0 Å². The predicted molar refractivity (Wildman–Crippen MR) is 106 cm³/mol. The van der Waals surface area contributed by atoms with Gasteiger partial charge in [0.1, 0.15) is 10.7 Å². The third-order valence-corrected chi connectivity index (χ3v) is 7.36. The van der Waals surface area contributed by atoms with Crippen molar-refractivity contribution in [1.82, 2.24) is 14.9 Å². The van der Waals surface area contributed by atoms with Crippen molar-refractivity contribution in [3.63, 3.8) is 0 Å². The van der Waals surface area contributed by atoms with E-state index in [1.54, 1.807) is 4.88 Å². The molecule has 25 heavy (non-hydrogen) atoms. The Labute approximate surface area is 155 Å². The summed E-state index contributed by atoms with van der Waals surface area (Å²) in [5.41, 5.74) is 1.78. The highest BCUT2D eigenvalue weighted by atomic mass is 32.1. The number of nitrogens with zero attached hydrogens (tertiary/aromatic N) is 3. The van der Waals surface area contributed by atoms with Gasteiger partial charge in [-0.2, -0.15) is 0 Å². The van der Waals surface area contributed by atoms with Crippen LogP contribution in [-0.4, -0.2) is 28.0 Å². The summed E-state index contributed by atoms with van der Waals surface area (Å²) in [6, 6.07) is 2.43. The third kappa shape index (κ3) is 3.90. The van der Waals surface area contributed by atoms with Crippen molar-refractivity contribution in [3.8, 4) is 0 Å². The van der Waals surface area contributed by atoms with Crippen molar-refractivity contribution in [2.24, 2.45) is 5.41 Å². The lowest BCUT2D eigenvalue weighted by molar-refractivity contribution is 0.219. The predicted octanol–water partition coefficient (Wildman–Crippen LogP) is 5.67. The molecule has 0 atom stereocenters. The second-order valence-corrected chi connectivity index (χ2v) is 9.92. The zero-order chi connectivity index (χ0) is 17.4. The summed E-state index contributed by atoms with van der Waals surface area (Å²) in [7, 11) is 0. The highest BCUT2D eigenvalue weighted by molar-refractivity contribution is 7.18. The van der Waals surface area contributed by atoms with E-state index in [2.05, 4.69) is 24.8 Å². The zero-order valence-electron chi connectivity index (χ0n) is 16.0. The largest absolute Gasteiger partial charge is 0.297 e. The summed E-state index contributed by atoms with van der Waals surface area (Å²) >= 11 is 1.92. The van der Waals surface area contributed by atoms with E-state index in [0.717, 1.165) is 18.3 Å². The third-order valence-electron chi connectivity index (χ3n) is 6.17. The molecule has 3 heterocycles. The number of hydrogen-bond donors (Lipinski definition) is 0. The fourth-order valence-electron chi connectivity index (χ4n) is 4.45. The normalized spacial score (nSPS) is 22.5. The van der Waals surface area contributed by atoms with Gasteiger partial charge in [-0.25, -0.2) is 9.97 Å². The van der Waals surface area contributed by atoms with Crippen LogP contribution < -0.4 is 0 Å². The van der Waals surface area contributed by atoms with E-state index in [0.29, 0.717) is 5.41 Å². The van der Waals surface area contributed by atoms with E-state index in [4.69, 9.17) is 9.97 Å². The molecule has 0 radical (unpaired) electrons. The number of thiophene rings is 1. The number of rotatable bonds is 3. The molecule has 0 unspecified atom stereocenters. The van der Waals surface area contributed by atoms with E-state index in [1.165, 1.54) is 73.9 Å². The maximum absolute atomic E-state index is 4.83. The summed E-state index contributed by atoms with van der Waals surface area (Å²) in [5.74, 6) is 1.66. The molecule has 0 N–H and O–H groups in total. The Hall–Kier alpha value is -1.00. The van der Waals surface area contributed by atoms with Gasteiger partial charge in [-0.15, -0.1) is 11.3 Å². The van der Waals surface area contributed by atoms with Crippen molar-refractivity contribution in [1.29, 1.82) is 0 Å². The average molecular weight is 358 g/mol. The first-order valence-electron chi connectivity index (χ1n) is 9.99. The standard InChI is InChI=1S/C21H31N3S/c1-15-22-18(14-24-11-5-4-6-12-24)17-13-19(25-20(17)23-15)16-7-9-21(2,3)10-8-16/h13,16H,4-12,14H2,1-3H3. The number of likely N-dealkylation sites (tertiary alicyclic amines) is 1. The highest BCUT2D eigenvalue weighted by Gasteiger charge is 2.29. The molecule has 2 fully saturated rings. The van der Waals surface area contributed by atoms with Gasteiger partial charge in [0.15, 0.2) is 0 Å². The van der Waals surface area contributed by atoms with Crippen LogP contribution in [0.15, 0.2) is 6.07 Å². The minimum atomic E-state index is 0.531. The molecule has 4 rings (SSSR count). The van der Waals surface area contributed by atoms with Gasteiger partial charge >= 0.3 is 0 Å². The van der Waals surface area contributed by atoms with Crippen LogP contribution in [0.2, 0.25) is 0 Å². The monoisotopic (exact) mass is 357 g/mol. The second kappa shape index (κ2) is 6.96. The number of aromatic nitrogens is 2. The van der Waals surface area contributed by atoms with Crippen molar-refractivity contribution >= 4 is 21.6 Å². The lowest BCUT2D eigenvalue weighted by Gasteiger charge is -2.33. The lowest BCUT2D eigenvalue weighted by Crippen LogP contribution is -2.29. The topological polar surface area (TPSA) is 29.0 Å². The number of aryl methyl sites for hydroxylation is 1. The summed E-state index contributed by atoms with van der Waals surface area (Å²) in [6.45, 7) is 10.3. The van der Waals surface area contributed by atoms with Crippen LogP contribution in [0.25, 0.3) is 10.2 Å². The Kier molecular flexibility index (Phi) is 4.85. The van der Waals surface area contributed by atoms with Gasteiger partial charge in [-0.05, 0) is 75.9 Å². The molecule has 1 saturated carbocycles. The molecule has 0 bridgehead atoms. The first-order chi connectivity index (χ1) is 12.0. The Bertz CT molecular complexity index is 733. The van der Waals surface area contributed by atoms with Gasteiger partial charge in [-0.1, -0.05) is 20.3 Å². The summed E-state index contributed by atoms with van der Waals surface area (Å²) in [5, 5.41) is 1.32. The van der Waals surface area contributed by atoms with E-state index >= 15 is 0 Å². The van der Waals surface area contributed by atoms with Crippen LogP contribution in [-0.2, 0) is 6.54 Å². The van der Waals surface area contributed by atoms with Gasteiger partial charge in [0.05, 0.1) is 5.69 Å². The van der Waals surface area contributed by atoms with Crippen molar-refractivity contribution in [2.75, 3.05) is 13.1 Å². The summed E-state index contributed by atoms with van der Waals surface area (Å²) in [4.78, 5) is 14.9. The van der Waals surface area contributed by atoms with E-state index in [-0.39, 0.29) is 0 Å². The summed E-state index contributed by atoms with van der Waals surface area (Å²) in [6.07, 6.45) is 9.39. The van der Waals surface area contributed by atoms with E-state index in [9.17, 15) is 0 Å². The Morgan fingerprint density at radius 2 is 1.84 bits per heavy atom. The Balaban J connectivity index is 1.60. The highest BCUT2D eigenvalue weighted by Crippen LogP contribution is 2.45. The maximum Gasteiger partial charge on any atom is 0.127 e. The molecular weight excluding hydrogens is 326 g/mol. The molecule has 0 spiro atoms. The van der Waals surface area contributed by atoms with Crippen LogP contribution >= 0.6 is 11.3 Å². The van der Waals surface area contributed by atoms with Crippen LogP contribution in [0.3, 0.4) is 0 Å². The Morgan fingerprint density at radius 3 is 2.56 bits per heavy atom. The molecule has 2 aromatic heterocycles. The molecule has 1 aliphatic carbocycles. The molecular formula is C21H31N3S. The quantitative estimate of drug-likeness (QED) is 0.709. The number of piperidine rings is 1. The molecule has 1 aliphatic heterocycles. The summed E-state index contributed by atoms with van der Waals surface area (Å²) < 4.78 is 0. The fraction of sp³-hybridized carbons (Fsp3) is 0.714. The van der Waals surface area contributed by atoms with Gasteiger partial charge in [0, 0.05) is 16.8 Å². The maximum atomic E-state index is 4.83. The van der Waals surface area contributed by atoms with E-state index in [1.807, 2.05) is 18.3 Å². The molecule has 1 saturated heterocycles. The van der Waals surface area contributed by atoms with Gasteiger partial charge < -0.3 is 0 Å². The fourth-order valence-corrected chi connectivity index (χ4v) is 5.72. The molecule has 4 heteroatoms. The first kappa shape index (κ1) is 17.4. The van der Waals surface area contributed by atoms with E-state index < -0.39 is 0 Å². The molecule has 2 aromatic rings. The van der Waals surface area contributed by atoms with Gasteiger partial charge in [0.2, 0.25) is 0 Å². The number of hydrogen-bond acceptors (Lipinski definition) is 4. The van der Waals surface area contributed by atoms with Crippen molar-refractivity contribution in [2.45, 2.75) is 78.2 Å². The molecule has 2 aliphatic rings. The molecule has 0 aromatic carbocycles. The molecule has 3 nitrogen and oxygen atoms in total. The van der Waals surface area contributed by atoms with Crippen LogP contribution in [0.5, 0.6) is 0 Å². The molecule has 136 valence electrons.